The van der Waals surface area contributed by atoms with Gasteiger partial charge in [0.25, 0.3) is 0 Å². The second kappa shape index (κ2) is 3.69. The Morgan fingerprint density at radius 3 is 1.00 bits per heavy atom. The lowest BCUT2D eigenvalue weighted by Gasteiger charge is -2.18. The number of hydrogen-bond donors (Lipinski definition) is 0. The van der Waals surface area contributed by atoms with Crippen molar-refractivity contribution in [2.45, 2.75) is 7.59 Å². The van der Waals surface area contributed by atoms with Gasteiger partial charge in [0.05, 0.1) is 4.86 Å². The second-order valence-corrected chi connectivity index (χ2v) is 6.30. The molecule has 0 atom stereocenters. The third-order valence-electron chi connectivity index (χ3n) is 0.515. The molecule has 0 bridgehead atoms. The zero-order valence-corrected chi connectivity index (χ0v) is 9.53. The van der Waals surface area contributed by atoms with E-state index in [1.807, 2.05) is 0 Å². The van der Waals surface area contributed by atoms with Crippen molar-refractivity contribution in [2.75, 3.05) is 0 Å². The molecule has 0 N–H and O–H groups in total. The van der Waals surface area contributed by atoms with Gasteiger partial charge in [-0.15, -0.1) is 0 Å². The number of alkyl halides is 6. The van der Waals surface area contributed by atoms with E-state index in [1.165, 1.54) is 0 Å². The van der Waals surface area contributed by atoms with Crippen LogP contribution >= 0.6 is 81.8 Å². The van der Waals surface area contributed by atoms with Crippen molar-refractivity contribution in [1.82, 2.24) is 0 Å². The Hall–Kier alpha value is 1.83. The molecule has 0 aromatic carbocycles. The Bertz CT molecular complexity index is 124. The zero-order chi connectivity index (χ0) is 8.58. The summed E-state index contributed by atoms with van der Waals surface area (Å²) in [6.45, 7) is 0. The predicted molar refractivity (Wildman–Crippen MR) is 53.2 cm³/mol. The molecule has 10 heavy (non-hydrogen) atoms. The summed E-state index contributed by atoms with van der Waals surface area (Å²) in [5.74, 6) is 0. The monoisotopic (exact) mass is 278 g/mol. The first-order chi connectivity index (χ1) is 4.15. The van der Waals surface area contributed by atoms with Crippen LogP contribution in [-0.2, 0) is 0 Å². The first kappa shape index (κ1) is 11.8. The maximum Gasteiger partial charge on any atom is 0.226 e. The van der Waals surface area contributed by atoms with Crippen LogP contribution in [-0.4, -0.2) is 12.4 Å². The largest absolute Gasteiger partial charge is 0.226 e. The van der Waals surface area contributed by atoms with Gasteiger partial charge in [0.1, 0.15) is 0 Å². The Labute approximate surface area is 93.6 Å². The lowest BCUT2D eigenvalue weighted by Crippen LogP contribution is -2.29. The summed E-state index contributed by atoms with van der Waals surface area (Å²) in [5.41, 5.74) is 0. The number of hydrogen-bond acceptors (Lipinski definition) is 1. The molecule has 0 unspecified atom stereocenters. The molecular weight excluding hydrogens is 281 g/mol. The molecule has 0 saturated heterocycles. The molecule has 0 aliphatic rings. The van der Waals surface area contributed by atoms with E-state index in [2.05, 4.69) is 12.2 Å². The van der Waals surface area contributed by atoms with Crippen LogP contribution in [0.15, 0.2) is 0 Å². The molecule has 7 heteroatoms. The minimum absolute atomic E-state index is 0.255. The fraction of sp³-hybridized carbons (Fsp3) is 0.667. The highest BCUT2D eigenvalue weighted by Gasteiger charge is 2.40. The normalized spacial score (nSPS) is 13.4. The van der Waals surface area contributed by atoms with Crippen molar-refractivity contribution in [2.24, 2.45) is 0 Å². The van der Waals surface area contributed by atoms with Crippen molar-refractivity contribution >= 4 is 86.7 Å². The average molecular weight is 281 g/mol. The molecule has 0 fully saturated rings. The molecule has 60 valence electrons. The third-order valence-corrected chi connectivity index (χ3v) is 2.93. The van der Waals surface area contributed by atoms with Crippen LogP contribution in [0.4, 0.5) is 0 Å². The number of rotatable bonds is 0. The molecule has 0 aromatic rings. The maximum atomic E-state index is 5.30. The summed E-state index contributed by atoms with van der Waals surface area (Å²) in [6.07, 6.45) is 0. The summed E-state index contributed by atoms with van der Waals surface area (Å²) in [4.78, 5) is -0.255. The van der Waals surface area contributed by atoms with E-state index in [0.717, 1.165) is 0 Å². The van der Waals surface area contributed by atoms with Gasteiger partial charge in [0, 0.05) is 0 Å². The van der Waals surface area contributed by atoms with Gasteiger partial charge in [-0.1, -0.05) is 81.8 Å². The lowest BCUT2D eigenvalue weighted by molar-refractivity contribution is 1.47. The van der Waals surface area contributed by atoms with Crippen molar-refractivity contribution in [3.8, 4) is 0 Å². The highest BCUT2D eigenvalue weighted by atomic mass is 35.6. The van der Waals surface area contributed by atoms with Gasteiger partial charge >= 0.3 is 0 Å². The summed E-state index contributed by atoms with van der Waals surface area (Å²) in [7, 11) is 0. The Morgan fingerprint density at radius 1 is 0.800 bits per heavy atom. The van der Waals surface area contributed by atoms with Gasteiger partial charge in [0.15, 0.2) is 0 Å². The van der Waals surface area contributed by atoms with Crippen LogP contribution in [0.3, 0.4) is 0 Å². The molecule has 0 saturated carbocycles. The van der Waals surface area contributed by atoms with Crippen LogP contribution in [0, 0.1) is 0 Å². The van der Waals surface area contributed by atoms with Gasteiger partial charge in [-0.2, -0.15) is 0 Å². The first-order valence-corrected chi connectivity index (χ1v) is 4.51. The minimum atomic E-state index is -1.80. The molecule has 0 aliphatic heterocycles. The van der Waals surface area contributed by atoms with Crippen LogP contribution in [0.5, 0.6) is 0 Å². The van der Waals surface area contributed by atoms with Crippen LogP contribution in [0.25, 0.3) is 0 Å². The first-order valence-electron chi connectivity index (χ1n) is 1.84. The molecule has 0 nitrogen and oxygen atoms in total. The van der Waals surface area contributed by atoms with Crippen LogP contribution in [0.2, 0.25) is 0 Å². The molecule has 0 aliphatic carbocycles. The van der Waals surface area contributed by atoms with Crippen LogP contribution in [0.1, 0.15) is 0 Å². The van der Waals surface area contributed by atoms with Gasteiger partial charge in [0.2, 0.25) is 7.59 Å². The zero-order valence-electron chi connectivity index (χ0n) is 4.18. The van der Waals surface area contributed by atoms with Gasteiger partial charge in [-0.25, -0.2) is 0 Å². The standard InChI is InChI=1S/C3Cl6S/c4-2(5,6)1(10)3(7,8)9. The molecule has 0 heterocycles. The average Bonchev–Trinajstić information content (AvgIpc) is 1.59. The molecule has 0 spiro atoms. The molecular formula is C3Cl6S. The predicted octanol–water partition coefficient (Wildman–Crippen LogP) is 4.10. The Morgan fingerprint density at radius 2 is 1.00 bits per heavy atom. The van der Waals surface area contributed by atoms with Crippen molar-refractivity contribution < 1.29 is 0 Å². The van der Waals surface area contributed by atoms with Gasteiger partial charge in [-0.05, 0) is 0 Å². The third kappa shape index (κ3) is 4.01. The van der Waals surface area contributed by atoms with E-state index in [4.69, 9.17) is 69.6 Å². The summed E-state index contributed by atoms with van der Waals surface area (Å²) in [5, 5.41) is 0. The van der Waals surface area contributed by atoms with Crippen molar-refractivity contribution in [3.63, 3.8) is 0 Å². The van der Waals surface area contributed by atoms with E-state index in [9.17, 15) is 0 Å². The Kier molecular flexibility index (Phi) is 4.37. The number of halogens is 6. The SMILES string of the molecule is S=C(C(Cl)(Cl)Cl)C(Cl)(Cl)Cl. The maximum absolute atomic E-state index is 5.30. The van der Waals surface area contributed by atoms with E-state index in [-0.39, 0.29) is 4.86 Å². The van der Waals surface area contributed by atoms with E-state index in [0.29, 0.717) is 0 Å². The lowest BCUT2D eigenvalue weighted by atomic mass is 10.5. The molecule has 0 rings (SSSR count). The smallest absolute Gasteiger partial charge is 0.0803 e. The van der Waals surface area contributed by atoms with E-state index in [1.54, 1.807) is 0 Å². The quantitative estimate of drug-likeness (QED) is 0.476. The fourth-order valence-corrected chi connectivity index (χ4v) is 1.45. The topological polar surface area (TPSA) is 0 Å². The van der Waals surface area contributed by atoms with E-state index >= 15 is 0 Å². The van der Waals surface area contributed by atoms with Crippen LogP contribution < -0.4 is 0 Å². The minimum Gasteiger partial charge on any atom is -0.0803 e. The summed E-state index contributed by atoms with van der Waals surface area (Å²) >= 11 is 36.4. The van der Waals surface area contributed by atoms with Crippen molar-refractivity contribution in [1.29, 1.82) is 0 Å². The second-order valence-electron chi connectivity index (χ2n) is 1.32. The number of thiocarbonyl (C=S) groups is 1. The highest BCUT2D eigenvalue weighted by Crippen LogP contribution is 2.40. The summed E-state index contributed by atoms with van der Waals surface area (Å²) in [6, 6.07) is 0. The van der Waals surface area contributed by atoms with Gasteiger partial charge < -0.3 is 0 Å². The summed E-state index contributed by atoms with van der Waals surface area (Å²) < 4.78 is -3.61. The fourth-order valence-electron chi connectivity index (χ4n) is 0.161. The molecule has 0 amide bonds. The van der Waals surface area contributed by atoms with Crippen molar-refractivity contribution in [3.05, 3.63) is 0 Å². The highest BCUT2D eigenvalue weighted by molar-refractivity contribution is 7.81. The molecule has 0 radical (unpaired) electrons. The van der Waals surface area contributed by atoms with E-state index < -0.39 is 7.59 Å². The van der Waals surface area contributed by atoms with Gasteiger partial charge in [-0.3, -0.25) is 0 Å². The Balaban J connectivity index is 4.40. The molecule has 0 aromatic heterocycles.